The zero-order valence-electron chi connectivity index (χ0n) is 15.9. The second kappa shape index (κ2) is 9.50. The molecule has 1 amide bonds. The van der Waals surface area contributed by atoms with E-state index in [0.29, 0.717) is 29.2 Å². The van der Waals surface area contributed by atoms with Gasteiger partial charge in [0.05, 0.1) is 17.1 Å². The third-order valence-corrected chi connectivity index (χ3v) is 3.68. The maximum atomic E-state index is 12.0. The largest absolute Gasteiger partial charge is 0.483 e. The molecule has 0 aliphatic rings. The summed E-state index contributed by atoms with van der Waals surface area (Å²) >= 11 is 0. The molecule has 0 bridgehead atoms. The van der Waals surface area contributed by atoms with Crippen LogP contribution in [0.25, 0.3) is 0 Å². The molecular weight excluding hydrogens is 364 g/mol. The number of non-ortho nitro benzene ring substituents is 1. The van der Waals surface area contributed by atoms with E-state index in [9.17, 15) is 19.7 Å². The smallest absolute Gasteiger partial charge is 0.338 e. The number of aryl methyl sites for hydroxylation is 1. The molecule has 148 valence electrons. The van der Waals surface area contributed by atoms with Crippen molar-refractivity contribution in [1.82, 2.24) is 0 Å². The average molecular weight is 386 g/mol. The number of benzene rings is 2. The number of nitrogens with zero attached hydrogens (tertiary/aromatic N) is 1. The summed E-state index contributed by atoms with van der Waals surface area (Å²) in [5.74, 6) is -0.165. The van der Waals surface area contributed by atoms with Crippen LogP contribution in [0.15, 0.2) is 42.5 Å². The van der Waals surface area contributed by atoms with Crippen molar-refractivity contribution in [2.75, 3.05) is 18.5 Å². The first kappa shape index (κ1) is 20.9. The first-order chi connectivity index (χ1) is 13.3. The molecule has 0 aromatic heterocycles. The monoisotopic (exact) mass is 386 g/mol. The van der Waals surface area contributed by atoms with Crippen molar-refractivity contribution >= 4 is 23.3 Å². The Hall–Kier alpha value is -3.42. The van der Waals surface area contributed by atoms with Crippen molar-refractivity contribution in [3.8, 4) is 5.75 Å². The van der Waals surface area contributed by atoms with Crippen LogP contribution < -0.4 is 10.1 Å². The molecule has 8 heteroatoms. The van der Waals surface area contributed by atoms with Gasteiger partial charge in [0.25, 0.3) is 11.6 Å². The zero-order chi connectivity index (χ0) is 20.7. The predicted molar refractivity (Wildman–Crippen MR) is 104 cm³/mol. The molecule has 1 N–H and O–H groups in total. The summed E-state index contributed by atoms with van der Waals surface area (Å²) in [5.41, 5.74) is 1.43. The fourth-order valence-electron chi connectivity index (χ4n) is 2.26. The van der Waals surface area contributed by atoms with Crippen LogP contribution in [0.4, 0.5) is 11.4 Å². The van der Waals surface area contributed by atoms with Crippen LogP contribution in [0, 0.1) is 23.0 Å². The quantitative estimate of drug-likeness (QED) is 0.421. The molecule has 2 aromatic rings. The van der Waals surface area contributed by atoms with Crippen molar-refractivity contribution in [3.05, 3.63) is 63.7 Å². The predicted octanol–water partition coefficient (Wildman–Crippen LogP) is 3.73. The number of esters is 1. The van der Waals surface area contributed by atoms with E-state index in [1.807, 2.05) is 13.8 Å². The molecule has 2 rings (SSSR count). The second-order valence-electron chi connectivity index (χ2n) is 6.61. The average Bonchev–Trinajstić information content (AvgIpc) is 2.65. The molecule has 0 unspecified atom stereocenters. The van der Waals surface area contributed by atoms with E-state index in [2.05, 4.69) is 5.32 Å². The van der Waals surface area contributed by atoms with E-state index in [-0.39, 0.29) is 18.2 Å². The molecule has 28 heavy (non-hydrogen) atoms. The second-order valence-corrected chi connectivity index (χ2v) is 6.61. The van der Waals surface area contributed by atoms with Crippen molar-refractivity contribution in [1.29, 1.82) is 0 Å². The van der Waals surface area contributed by atoms with Crippen LogP contribution in [0.2, 0.25) is 0 Å². The number of carbonyl (C=O) groups is 2. The molecule has 0 spiro atoms. The SMILES string of the molecule is Cc1cc([N+](=O)[O-])ccc1OCC(=O)Nc1ccc(C(=O)OCC(C)C)cc1. The van der Waals surface area contributed by atoms with Crippen molar-refractivity contribution in [3.63, 3.8) is 0 Å². The van der Waals surface area contributed by atoms with E-state index in [1.165, 1.54) is 18.2 Å². The summed E-state index contributed by atoms with van der Waals surface area (Å²) in [4.78, 5) is 34.1. The summed E-state index contributed by atoms with van der Waals surface area (Å²) in [6.07, 6.45) is 0. The van der Waals surface area contributed by atoms with Gasteiger partial charge >= 0.3 is 5.97 Å². The number of hydrogen-bond donors (Lipinski definition) is 1. The first-order valence-corrected chi connectivity index (χ1v) is 8.71. The number of amides is 1. The lowest BCUT2D eigenvalue weighted by Gasteiger charge is -2.10. The number of carbonyl (C=O) groups excluding carboxylic acids is 2. The molecule has 0 saturated carbocycles. The van der Waals surface area contributed by atoms with Crippen LogP contribution in [-0.2, 0) is 9.53 Å². The van der Waals surface area contributed by atoms with E-state index < -0.39 is 16.8 Å². The molecule has 0 radical (unpaired) electrons. The van der Waals surface area contributed by atoms with Crippen LogP contribution in [0.3, 0.4) is 0 Å². The highest BCUT2D eigenvalue weighted by molar-refractivity contribution is 5.93. The molecule has 2 aromatic carbocycles. The number of rotatable bonds is 8. The molecule has 0 atom stereocenters. The van der Waals surface area contributed by atoms with Crippen molar-refractivity contribution in [2.45, 2.75) is 20.8 Å². The molecule has 8 nitrogen and oxygen atoms in total. The van der Waals surface area contributed by atoms with Crippen molar-refractivity contribution in [2.24, 2.45) is 5.92 Å². The van der Waals surface area contributed by atoms with E-state index in [1.54, 1.807) is 31.2 Å². The Morgan fingerprint density at radius 1 is 1.14 bits per heavy atom. The fraction of sp³-hybridized carbons (Fsp3) is 0.300. The van der Waals surface area contributed by atoms with E-state index >= 15 is 0 Å². The number of nitro benzene ring substituents is 1. The standard InChI is InChI=1S/C20H22N2O6/c1-13(2)11-28-20(24)15-4-6-16(7-5-15)21-19(23)12-27-18-9-8-17(22(25)26)10-14(18)3/h4-10,13H,11-12H2,1-3H3,(H,21,23). The number of nitro groups is 1. The van der Waals surface area contributed by atoms with Gasteiger partial charge in [-0.25, -0.2) is 4.79 Å². The van der Waals surface area contributed by atoms with Gasteiger partial charge in [0.2, 0.25) is 0 Å². The Morgan fingerprint density at radius 2 is 1.82 bits per heavy atom. The Bertz CT molecular complexity index is 861. The number of anilines is 1. The Morgan fingerprint density at radius 3 is 2.39 bits per heavy atom. The van der Waals surface area contributed by atoms with Gasteiger partial charge in [0.1, 0.15) is 5.75 Å². The molecular formula is C20H22N2O6. The lowest BCUT2D eigenvalue weighted by atomic mass is 10.2. The van der Waals surface area contributed by atoms with Gasteiger partial charge in [-0.15, -0.1) is 0 Å². The number of ether oxygens (including phenoxy) is 2. The third kappa shape index (κ3) is 6.08. The van der Waals surface area contributed by atoms with Gasteiger partial charge < -0.3 is 14.8 Å². The van der Waals surface area contributed by atoms with E-state index in [0.717, 1.165) is 0 Å². The van der Waals surface area contributed by atoms with Gasteiger partial charge in [0, 0.05) is 17.8 Å². The summed E-state index contributed by atoms with van der Waals surface area (Å²) in [6.45, 7) is 5.66. The topological polar surface area (TPSA) is 108 Å². The Kier molecular flexibility index (Phi) is 7.08. The highest BCUT2D eigenvalue weighted by Gasteiger charge is 2.11. The fourth-order valence-corrected chi connectivity index (χ4v) is 2.26. The number of hydrogen-bond acceptors (Lipinski definition) is 6. The van der Waals surface area contributed by atoms with Gasteiger partial charge in [-0.05, 0) is 48.7 Å². The number of nitrogens with one attached hydrogen (secondary N) is 1. The Balaban J connectivity index is 1.88. The minimum atomic E-state index is -0.494. The Labute approximate surface area is 162 Å². The van der Waals surface area contributed by atoms with Gasteiger partial charge in [-0.1, -0.05) is 13.8 Å². The van der Waals surface area contributed by atoms with Crippen molar-refractivity contribution < 1.29 is 24.0 Å². The van der Waals surface area contributed by atoms with Gasteiger partial charge in [-0.2, -0.15) is 0 Å². The maximum absolute atomic E-state index is 12.0. The molecule has 0 fully saturated rings. The van der Waals surface area contributed by atoms with E-state index in [4.69, 9.17) is 9.47 Å². The van der Waals surface area contributed by atoms with Gasteiger partial charge in [0.15, 0.2) is 6.61 Å². The van der Waals surface area contributed by atoms with Gasteiger partial charge in [-0.3, -0.25) is 14.9 Å². The zero-order valence-corrected chi connectivity index (χ0v) is 15.9. The molecule has 0 aliphatic heterocycles. The summed E-state index contributed by atoms with van der Waals surface area (Å²) < 4.78 is 10.6. The minimum absolute atomic E-state index is 0.0405. The van der Waals surface area contributed by atoms with Crippen LogP contribution in [-0.4, -0.2) is 30.0 Å². The summed E-state index contributed by atoms with van der Waals surface area (Å²) in [6, 6.07) is 10.5. The molecule has 0 aliphatic carbocycles. The molecule has 0 saturated heterocycles. The molecule has 0 heterocycles. The van der Waals surface area contributed by atoms with Crippen LogP contribution >= 0.6 is 0 Å². The lowest BCUT2D eigenvalue weighted by molar-refractivity contribution is -0.384. The minimum Gasteiger partial charge on any atom is -0.483 e. The summed E-state index contributed by atoms with van der Waals surface area (Å²) in [5, 5.41) is 13.4. The highest BCUT2D eigenvalue weighted by atomic mass is 16.6. The summed E-state index contributed by atoms with van der Waals surface area (Å²) in [7, 11) is 0. The first-order valence-electron chi connectivity index (χ1n) is 8.71. The van der Waals surface area contributed by atoms with Crippen LogP contribution in [0.1, 0.15) is 29.8 Å². The lowest BCUT2D eigenvalue weighted by Crippen LogP contribution is -2.20. The highest BCUT2D eigenvalue weighted by Crippen LogP contribution is 2.23. The maximum Gasteiger partial charge on any atom is 0.338 e. The third-order valence-electron chi connectivity index (χ3n) is 3.68. The normalized spacial score (nSPS) is 10.4. The van der Waals surface area contributed by atoms with Crippen LogP contribution in [0.5, 0.6) is 5.75 Å².